The minimum absolute atomic E-state index is 0.0121. The molecule has 92 valence electrons. The van der Waals surface area contributed by atoms with E-state index in [-0.39, 0.29) is 16.1 Å². The summed E-state index contributed by atoms with van der Waals surface area (Å²) in [7, 11) is 0. The fourth-order valence-corrected chi connectivity index (χ4v) is 1.67. The van der Waals surface area contributed by atoms with E-state index in [0.717, 1.165) is 24.3 Å². The van der Waals surface area contributed by atoms with E-state index in [1.54, 1.807) is 0 Å². The number of phenols is 1. The Labute approximate surface area is 106 Å². The van der Waals surface area contributed by atoms with Crippen LogP contribution in [0.2, 0.25) is 5.02 Å². The molecular weight excluding hydrogens is 262 g/mol. The van der Waals surface area contributed by atoms with Gasteiger partial charge in [0.05, 0.1) is 5.02 Å². The molecule has 0 atom stereocenters. The zero-order valence-electron chi connectivity index (χ0n) is 8.95. The van der Waals surface area contributed by atoms with Crippen LogP contribution < -0.4 is 0 Å². The van der Waals surface area contributed by atoms with E-state index < -0.39 is 23.2 Å². The minimum Gasteiger partial charge on any atom is -0.504 e. The van der Waals surface area contributed by atoms with Gasteiger partial charge in [-0.05, 0) is 36.4 Å². The van der Waals surface area contributed by atoms with Crippen molar-refractivity contribution in [3.05, 3.63) is 64.2 Å². The first-order valence-electron chi connectivity index (χ1n) is 4.97. The van der Waals surface area contributed by atoms with Crippen molar-refractivity contribution in [1.82, 2.24) is 0 Å². The van der Waals surface area contributed by atoms with E-state index >= 15 is 0 Å². The van der Waals surface area contributed by atoms with Crippen LogP contribution >= 0.6 is 11.6 Å². The van der Waals surface area contributed by atoms with Gasteiger partial charge in [-0.25, -0.2) is 8.78 Å². The predicted molar refractivity (Wildman–Crippen MR) is 62.9 cm³/mol. The number of hydrogen-bond donors (Lipinski definition) is 1. The predicted octanol–water partition coefficient (Wildman–Crippen LogP) is 3.55. The molecule has 2 aromatic carbocycles. The lowest BCUT2D eigenvalue weighted by Gasteiger charge is -2.04. The van der Waals surface area contributed by atoms with Crippen molar-refractivity contribution in [3.8, 4) is 5.75 Å². The van der Waals surface area contributed by atoms with Gasteiger partial charge in [-0.15, -0.1) is 0 Å². The van der Waals surface area contributed by atoms with Crippen LogP contribution in [0.3, 0.4) is 0 Å². The molecule has 0 saturated carbocycles. The highest BCUT2D eigenvalue weighted by Gasteiger charge is 2.14. The van der Waals surface area contributed by atoms with Crippen LogP contribution in [0.4, 0.5) is 8.78 Å². The maximum Gasteiger partial charge on any atom is 0.193 e. The summed E-state index contributed by atoms with van der Waals surface area (Å²) in [5.74, 6) is -2.66. The third kappa shape index (κ3) is 2.33. The molecule has 0 aromatic heterocycles. The van der Waals surface area contributed by atoms with Crippen molar-refractivity contribution in [3.63, 3.8) is 0 Å². The molecule has 2 nitrogen and oxygen atoms in total. The Bertz CT molecular complexity index is 586. The largest absolute Gasteiger partial charge is 0.504 e. The molecule has 1 N–H and O–H groups in total. The molecule has 0 radical (unpaired) electrons. The van der Waals surface area contributed by atoms with Crippen LogP contribution in [0.5, 0.6) is 5.75 Å². The Hall–Kier alpha value is -1.94. The van der Waals surface area contributed by atoms with Crippen LogP contribution in [-0.4, -0.2) is 10.9 Å². The van der Waals surface area contributed by atoms with E-state index in [0.29, 0.717) is 0 Å². The third-order valence-electron chi connectivity index (χ3n) is 2.39. The van der Waals surface area contributed by atoms with E-state index in [2.05, 4.69) is 0 Å². The molecule has 0 saturated heterocycles. The molecule has 0 aliphatic heterocycles. The van der Waals surface area contributed by atoms with Crippen molar-refractivity contribution < 1.29 is 18.7 Å². The van der Waals surface area contributed by atoms with Gasteiger partial charge in [0, 0.05) is 11.1 Å². The second kappa shape index (κ2) is 4.74. The zero-order valence-corrected chi connectivity index (χ0v) is 9.71. The molecule has 0 spiro atoms. The molecule has 0 aliphatic carbocycles. The maximum atomic E-state index is 13.2. The van der Waals surface area contributed by atoms with E-state index in [1.165, 1.54) is 12.1 Å². The molecule has 2 aromatic rings. The number of aromatic hydroxyl groups is 1. The fourth-order valence-electron chi connectivity index (χ4n) is 1.46. The Morgan fingerprint density at radius 3 is 2.22 bits per heavy atom. The highest BCUT2D eigenvalue weighted by atomic mass is 35.5. The van der Waals surface area contributed by atoms with E-state index in [4.69, 9.17) is 16.7 Å². The van der Waals surface area contributed by atoms with Crippen molar-refractivity contribution in [2.24, 2.45) is 0 Å². The molecular formula is C13H7ClF2O2. The van der Waals surface area contributed by atoms with Gasteiger partial charge in [-0.1, -0.05) is 11.6 Å². The topological polar surface area (TPSA) is 37.3 Å². The summed E-state index contributed by atoms with van der Waals surface area (Å²) >= 11 is 5.57. The van der Waals surface area contributed by atoms with Gasteiger partial charge in [0.1, 0.15) is 5.82 Å². The van der Waals surface area contributed by atoms with Gasteiger partial charge >= 0.3 is 0 Å². The summed E-state index contributed by atoms with van der Waals surface area (Å²) in [5.41, 5.74) is 0.194. The molecule has 0 heterocycles. The van der Waals surface area contributed by atoms with Gasteiger partial charge < -0.3 is 5.11 Å². The van der Waals surface area contributed by atoms with Crippen molar-refractivity contribution >= 4 is 17.4 Å². The van der Waals surface area contributed by atoms with E-state index in [1.807, 2.05) is 0 Å². The number of benzene rings is 2. The van der Waals surface area contributed by atoms with Crippen LogP contribution in [0.25, 0.3) is 0 Å². The smallest absolute Gasteiger partial charge is 0.193 e. The third-order valence-corrected chi connectivity index (χ3v) is 2.67. The minimum atomic E-state index is -0.979. The first-order valence-corrected chi connectivity index (χ1v) is 5.35. The number of hydrogen-bond acceptors (Lipinski definition) is 2. The Morgan fingerprint density at radius 1 is 1.06 bits per heavy atom. The highest BCUT2D eigenvalue weighted by Crippen LogP contribution is 2.28. The number of ketones is 1. The first kappa shape index (κ1) is 12.5. The Morgan fingerprint density at radius 2 is 1.67 bits per heavy atom. The Balaban J connectivity index is 2.43. The average Bonchev–Trinajstić information content (AvgIpc) is 2.35. The maximum absolute atomic E-state index is 13.2. The van der Waals surface area contributed by atoms with Gasteiger partial charge in [-0.3, -0.25) is 4.79 Å². The molecule has 5 heteroatoms. The quantitative estimate of drug-likeness (QED) is 0.846. The van der Waals surface area contributed by atoms with Gasteiger partial charge in [0.15, 0.2) is 17.3 Å². The summed E-state index contributed by atoms with van der Waals surface area (Å²) < 4.78 is 25.9. The average molecular weight is 269 g/mol. The van der Waals surface area contributed by atoms with Crippen LogP contribution in [0.1, 0.15) is 15.9 Å². The second-order valence-electron chi connectivity index (χ2n) is 3.62. The molecule has 0 aliphatic rings. The van der Waals surface area contributed by atoms with Gasteiger partial charge in [-0.2, -0.15) is 0 Å². The lowest BCUT2D eigenvalue weighted by molar-refractivity contribution is 0.103. The number of halogens is 3. The van der Waals surface area contributed by atoms with Crippen LogP contribution in [-0.2, 0) is 0 Å². The molecule has 18 heavy (non-hydrogen) atoms. The standard InChI is InChI=1S/C13H7ClF2O2/c14-10-5-8(6-11(16)13(10)18)12(17)7-1-3-9(15)4-2-7/h1-6,18H. The summed E-state index contributed by atoms with van der Waals surface area (Å²) in [5, 5.41) is 8.90. The lowest BCUT2D eigenvalue weighted by atomic mass is 10.0. The second-order valence-corrected chi connectivity index (χ2v) is 4.03. The fraction of sp³-hybridized carbons (Fsp3) is 0. The van der Waals surface area contributed by atoms with E-state index in [9.17, 15) is 13.6 Å². The summed E-state index contributed by atoms with van der Waals surface area (Å²) in [4.78, 5) is 11.9. The molecule has 0 unspecified atom stereocenters. The SMILES string of the molecule is O=C(c1ccc(F)cc1)c1cc(F)c(O)c(Cl)c1. The Kier molecular flexibility index (Phi) is 3.30. The van der Waals surface area contributed by atoms with Crippen LogP contribution in [0.15, 0.2) is 36.4 Å². The summed E-state index contributed by atoms with van der Waals surface area (Å²) in [6, 6.07) is 6.88. The normalized spacial score (nSPS) is 10.4. The van der Waals surface area contributed by atoms with Gasteiger partial charge in [0.2, 0.25) is 0 Å². The van der Waals surface area contributed by atoms with Gasteiger partial charge in [0.25, 0.3) is 0 Å². The molecule has 0 fully saturated rings. The highest BCUT2D eigenvalue weighted by molar-refractivity contribution is 6.32. The zero-order chi connectivity index (χ0) is 13.3. The number of carbonyl (C=O) groups is 1. The van der Waals surface area contributed by atoms with Crippen molar-refractivity contribution in [2.75, 3.05) is 0 Å². The molecule has 0 bridgehead atoms. The molecule has 2 rings (SSSR count). The summed E-state index contributed by atoms with van der Waals surface area (Å²) in [6.07, 6.45) is 0. The monoisotopic (exact) mass is 268 g/mol. The number of rotatable bonds is 2. The lowest BCUT2D eigenvalue weighted by Crippen LogP contribution is -2.02. The first-order chi connectivity index (χ1) is 8.49. The van der Waals surface area contributed by atoms with Crippen molar-refractivity contribution in [1.29, 1.82) is 0 Å². The summed E-state index contributed by atoms with van der Waals surface area (Å²) in [6.45, 7) is 0. The number of carbonyl (C=O) groups excluding carboxylic acids is 1. The number of phenolic OH excluding ortho intramolecular Hbond substituents is 1. The molecule has 0 amide bonds. The van der Waals surface area contributed by atoms with Crippen LogP contribution in [0, 0.1) is 11.6 Å². The van der Waals surface area contributed by atoms with Crippen molar-refractivity contribution in [2.45, 2.75) is 0 Å².